The molecule has 0 spiro atoms. The molecule has 0 aromatic carbocycles. The second kappa shape index (κ2) is 5.63. The smallest absolute Gasteiger partial charge is 0.332 e. The molecule has 0 saturated heterocycles. The number of rotatable bonds is 5. The molecule has 0 aliphatic carbocycles. The summed E-state index contributed by atoms with van der Waals surface area (Å²) >= 11 is 0. The number of aromatic nitrogens is 2. The molecular weight excluding hydrogens is 238 g/mol. The van der Waals surface area contributed by atoms with Crippen LogP contribution in [0, 0.1) is 13.8 Å². The first-order valence-electron chi connectivity index (χ1n) is 5.47. The molecule has 1 heterocycles. The average Bonchev–Trinajstić information content (AvgIpc) is 2.52. The van der Waals surface area contributed by atoms with Gasteiger partial charge in [-0.05, 0) is 20.8 Å². The Hall–Kier alpha value is -1.89. The molecule has 2 N–H and O–H groups in total. The Morgan fingerprint density at radius 3 is 2.56 bits per heavy atom. The number of amides is 1. The van der Waals surface area contributed by atoms with E-state index in [4.69, 9.17) is 9.84 Å². The maximum atomic E-state index is 11.6. The lowest BCUT2D eigenvalue weighted by Gasteiger charge is -2.09. The van der Waals surface area contributed by atoms with Gasteiger partial charge < -0.3 is 15.2 Å². The number of ether oxygens (including phenoxy) is 1. The van der Waals surface area contributed by atoms with Crippen molar-refractivity contribution >= 4 is 17.6 Å². The lowest BCUT2D eigenvalue weighted by atomic mass is 10.3. The van der Waals surface area contributed by atoms with E-state index in [9.17, 15) is 9.59 Å². The van der Waals surface area contributed by atoms with E-state index in [1.165, 1.54) is 6.92 Å². The van der Waals surface area contributed by atoms with Crippen LogP contribution in [0.4, 0.5) is 5.69 Å². The van der Waals surface area contributed by atoms with Gasteiger partial charge in [-0.3, -0.25) is 9.48 Å². The van der Waals surface area contributed by atoms with Crippen LogP contribution in [0.5, 0.6) is 0 Å². The molecule has 0 unspecified atom stereocenters. The SMILES string of the molecule is Cc1nn(C)c(C)c1NC(=O)CO[C@@H](C)C(=O)O. The van der Waals surface area contributed by atoms with Crippen molar-refractivity contribution in [2.75, 3.05) is 11.9 Å². The summed E-state index contributed by atoms with van der Waals surface area (Å²) < 4.78 is 6.54. The van der Waals surface area contributed by atoms with E-state index in [0.717, 1.165) is 5.69 Å². The molecule has 1 rings (SSSR count). The Morgan fingerprint density at radius 1 is 1.50 bits per heavy atom. The predicted molar refractivity (Wildman–Crippen MR) is 64.4 cm³/mol. The highest BCUT2D eigenvalue weighted by Gasteiger charge is 2.16. The monoisotopic (exact) mass is 255 g/mol. The summed E-state index contributed by atoms with van der Waals surface area (Å²) in [6, 6.07) is 0. The maximum absolute atomic E-state index is 11.6. The van der Waals surface area contributed by atoms with Crippen LogP contribution in [0.3, 0.4) is 0 Å². The fraction of sp³-hybridized carbons (Fsp3) is 0.545. The van der Waals surface area contributed by atoms with Gasteiger partial charge in [-0.2, -0.15) is 5.10 Å². The fourth-order valence-electron chi connectivity index (χ4n) is 1.40. The largest absolute Gasteiger partial charge is 0.479 e. The Bertz CT molecular complexity index is 467. The third-order valence-corrected chi connectivity index (χ3v) is 2.59. The number of carboxylic acid groups (broad SMARTS) is 1. The van der Waals surface area contributed by atoms with Crippen LogP contribution < -0.4 is 5.32 Å². The number of carbonyl (C=O) groups excluding carboxylic acids is 1. The van der Waals surface area contributed by atoms with Crippen molar-refractivity contribution in [3.63, 3.8) is 0 Å². The molecule has 0 aliphatic heterocycles. The molecule has 0 aliphatic rings. The summed E-state index contributed by atoms with van der Waals surface area (Å²) in [7, 11) is 1.78. The molecule has 1 aromatic rings. The van der Waals surface area contributed by atoms with Gasteiger partial charge in [-0.1, -0.05) is 0 Å². The molecule has 1 amide bonds. The Balaban J connectivity index is 2.57. The fourth-order valence-corrected chi connectivity index (χ4v) is 1.40. The highest BCUT2D eigenvalue weighted by atomic mass is 16.5. The topological polar surface area (TPSA) is 93.5 Å². The molecule has 100 valence electrons. The van der Waals surface area contributed by atoms with Crippen LogP contribution in [-0.4, -0.2) is 39.5 Å². The first kappa shape index (κ1) is 14.2. The van der Waals surface area contributed by atoms with Crippen molar-refractivity contribution in [2.45, 2.75) is 26.9 Å². The van der Waals surface area contributed by atoms with Crippen LogP contribution in [-0.2, 0) is 21.4 Å². The number of hydrogen-bond acceptors (Lipinski definition) is 4. The number of hydrogen-bond donors (Lipinski definition) is 2. The summed E-state index contributed by atoms with van der Waals surface area (Å²) in [5, 5.41) is 15.4. The van der Waals surface area contributed by atoms with Crippen molar-refractivity contribution in [1.29, 1.82) is 0 Å². The highest BCUT2D eigenvalue weighted by Crippen LogP contribution is 2.17. The number of anilines is 1. The number of aliphatic carboxylic acids is 1. The van der Waals surface area contributed by atoms with Crippen LogP contribution in [0.2, 0.25) is 0 Å². The minimum absolute atomic E-state index is 0.304. The van der Waals surface area contributed by atoms with E-state index < -0.39 is 18.0 Å². The second-order valence-corrected chi connectivity index (χ2v) is 4.01. The van der Waals surface area contributed by atoms with Crippen LogP contribution in [0.15, 0.2) is 0 Å². The molecule has 0 radical (unpaired) electrons. The zero-order valence-electron chi connectivity index (χ0n) is 10.9. The Morgan fingerprint density at radius 2 is 2.11 bits per heavy atom. The maximum Gasteiger partial charge on any atom is 0.332 e. The standard InChI is InChI=1S/C11H17N3O4/c1-6-10(7(2)14(4)13-6)12-9(15)5-18-8(3)11(16)17/h8H,5H2,1-4H3,(H,12,15)(H,16,17)/t8-/m0/s1. The minimum atomic E-state index is -1.10. The molecular formula is C11H17N3O4. The number of nitrogens with one attached hydrogen (secondary N) is 1. The molecule has 0 fully saturated rings. The number of carbonyl (C=O) groups is 2. The molecule has 1 aromatic heterocycles. The van der Waals surface area contributed by atoms with Crippen molar-refractivity contribution in [2.24, 2.45) is 7.05 Å². The van der Waals surface area contributed by atoms with Gasteiger partial charge in [-0.15, -0.1) is 0 Å². The zero-order chi connectivity index (χ0) is 13.9. The number of nitrogens with zero attached hydrogens (tertiary/aromatic N) is 2. The lowest BCUT2D eigenvalue weighted by Crippen LogP contribution is -2.26. The van der Waals surface area contributed by atoms with Gasteiger partial charge in [0.1, 0.15) is 6.61 Å². The van der Waals surface area contributed by atoms with Gasteiger partial charge in [-0.25, -0.2) is 4.79 Å². The number of aryl methyl sites for hydroxylation is 2. The molecule has 1 atom stereocenters. The molecule has 7 heteroatoms. The normalized spacial score (nSPS) is 12.2. The van der Waals surface area contributed by atoms with Crippen LogP contribution >= 0.6 is 0 Å². The van der Waals surface area contributed by atoms with E-state index >= 15 is 0 Å². The van der Waals surface area contributed by atoms with Gasteiger partial charge in [0.05, 0.1) is 17.1 Å². The Kier molecular flexibility index (Phi) is 4.43. The van der Waals surface area contributed by atoms with Gasteiger partial charge in [0.15, 0.2) is 6.10 Å². The van der Waals surface area contributed by atoms with Crippen LogP contribution in [0.1, 0.15) is 18.3 Å². The minimum Gasteiger partial charge on any atom is -0.479 e. The summed E-state index contributed by atoms with van der Waals surface area (Å²) in [4.78, 5) is 22.1. The first-order valence-corrected chi connectivity index (χ1v) is 5.47. The summed E-state index contributed by atoms with van der Waals surface area (Å²) in [6.07, 6.45) is -1.01. The molecule has 0 saturated carbocycles. The lowest BCUT2D eigenvalue weighted by molar-refractivity contribution is -0.150. The second-order valence-electron chi connectivity index (χ2n) is 4.01. The van der Waals surface area contributed by atoms with Crippen molar-refractivity contribution in [3.8, 4) is 0 Å². The third-order valence-electron chi connectivity index (χ3n) is 2.59. The number of carboxylic acids is 1. The van der Waals surface area contributed by atoms with Crippen LogP contribution in [0.25, 0.3) is 0 Å². The molecule has 18 heavy (non-hydrogen) atoms. The van der Waals surface area contributed by atoms with E-state index in [2.05, 4.69) is 10.4 Å². The van der Waals surface area contributed by atoms with E-state index in [1.807, 2.05) is 6.92 Å². The van der Waals surface area contributed by atoms with Crippen molar-refractivity contribution in [3.05, 3.63) is 11.4 Å². The van der Waals surface area contributed by atoms with Crippen molar-refractivity contribution < 1.29 is 19.4 Å². The molecule has 0 bridgehead atoms. The third kappa shape index (κ3) is 3.30. The average molecular weight is 255 g/mol. The van der Waals surface area contributed by atoms with E-state index in [1.54, 1.807) is 18.7 Å². The van der Waals surface area contributed by atoms with Crippen molar-refractivity contribution in [1.82, 2.24) is 9.78 Å². The highest BCUT2D eigenvalue weighted by molar-refractivity contribution is 5.93. The summed E-state index contributed by atoms with van der Waals surface area (Å²) in [5.74, 6) is -1.50. The van der Waals surface area contributed by atoms with E-state index in [-0.39, 0.29) is 6.61 Å². The van der Waals surface area contributed by atoms with Gasteiger partial charge in [0.2, 0.25) is 0 Å². The van der Waals surface area contributed by atoms with Gasteiger partial charge >= 0.3 is 5.97 Å². The summed E-state index contributed by atoms with van der Waals surface area (Å²) in [6.45, 7) is 4.68. The van der Waals surface area contributed by atoms with Gasteiger partial charge in [0, 0.05) is 7.05 Å². The quantitative estimate of drug-likeness (QED) is 0.797. The predicted octanol–water partition coefficient (Wildman–Crippen LogP) is 0.465. The van der Waals surface area contributed by atoms with E-state index in [0.29, 0.717) is 11.4 Å². The zero-order valence-corrected chi connectivity index (χ0v) is 10.9. The molecule has 7 nitrogen and oxygen atoms in total. The Labute approximate surface area is 105 Å². The first-order chi connectivity index (χ1) is 8.32. The van der Waals surface area contributed by atoms with Gasteiger partial charge in [0.25, 0.3) is 5.91 Å². The summed E-state index contributed by atoms with van der Waals surface area (Å²) in [5.41, 5.74) is 2.16.